The molecular weight excluding hydrogens is 438 g/mol. The average molecular weight is 470 g/mol. The first kappa shape index (κ1) is 22.1. The van der Waals surface area contributed by atoms with Crippen molar-refractivity contribution in [1.82, 2.24) is 35.0 Å². The summed E-state index contributed by atoms with van der Waals surface area (Å²) in [6.45, 7) is 8.68. The van der Waals surface area contributed by atoms with Crippen molar-refractivity contribution >= 4 is 10.9 Å². The lowest BCUT2D eigenvalue weighted by Gasteiger charge is -2.41. The van der Waals surface area contributed by atoms with E-state index in [0.717, 1.165) is 53.1 Å². The Hall–Kier alpha value is -3.36. The molecule has 1 N–H and O–H groups in total. The summed E-state index contributed by atoms with van der Waals surface area (Å²) in [5.41, 5.74) is 4.93. The van der Waals surface area contributed by atoms with Gasteiger partial charge in [-0.25, -0.2) is 4.68 Å². The predicted octanol–water partition coefficient (Wildman–Crippen LogP) is 3.05. The van der Waals surface area contributed by atoms with Crippen LogP contribution in [0.2, 0.25) is 0 Å². The number of fused-ring (bicyclic) bond motifs is 2. The number of aromatic nitrogens is 5. The Bertz CT molecular complexity index is 1410. The van der Waals surface area contributed by atoms with E-state index in [1.165, 1.54) is 19.4 Å². The Labute approximate surface area is 204 Å². The van der Waals surface area contributed by atoms with Gasteiger partial charge >= 0.3 is 0 Å². The fraction of sp³-hybridized carbons (Fsp3) is 0.407. The van der Waals surface area contributed by atoms with E-state index in [9.17, 15) is 4.79 Å². The first-order valence-electron chi connectivity index (χ1n) is 12.5. The lowest BCUT2D eigenvalue weighted by atomic mass is 9.98. The molecule has 2 aromatic carbocycles. The zero-order valence-corrected chi connectivity index (χ0v) is 20.3. The first-order chi connectivity index (χ1) is 17.1. The minimum Gasteiger partial charge on any atom is -0.322 e. The number of piperazine rings is 1. The van der Waals surface area contributed by atoms with Crippen molar-refractivity contribution in [2.75, 3.05) is 26.2 Å². The van der Waals surface area contributed by atoms with Crippen LogP contribution in [0.25, 0.3) is 10.9 Å². The van der Waals surface area contributed by atoms with Gasteiger partial charge < -0.3 is 4.98 Å². The smallest absolute Gasteiger partial charge is 0.253 e. The molecule has 0 spiro atoms. The maximum atomic E-state index is 13.6. The highest BCUT2D eigenvalue weighted by molar-refractivity contribution is 5.83. The topological polar surface area (TPSA) is 82.9 Å². The zero-order chi connectivity index (χ0) is 23.9. The number of rotatable bonds is 5. The highest BCUT2D eigenvalue weighted by atomic mass is 16.1. The van der Waals surface area contributed by atoms with Gasteiger partial charge in [0.25, 0.3) is 5.56 Å². The van der Waals surface area contributed by atoms with Crippen molar-refractivity contribution < 1.29 is 0 Å². The van der Waals surface area contributed by atoms with Gasteiger partial charge in [0.05, 0.1) is 6.54 Å². The van der Waals surface area contributed by atoms with Gasteiger partial charge in [0, 0.05) is 42.1 Å². The van der Waals surface area contributed by atoms with E-state index < -0.39 is 0 Å². The monoisotopic (exact) mass is 469 g/mol. The molecule has 2 saturated heterocycles. The highest BCUT2D eigenvalue weighted by Gasteiger charge is 2.37. The third-order valence-corrected chi connectivity index (χ3v) is 7.60. The quantitative estimate of drug-likeness (QED) is 0.484. The van der Waals surface area contributed by atoms with Crippen LogP contribution in [0.4, 0.5) is 0 Å². The van der Waals surface area contributed by atoms with E-state index in [2.05, 4.69) is 68.4 Å². The molecule has 8 nitrogen and oxygen atoms in total. The molecule has 0 amide bonds. The second-order valence-electron chi connectivity index (χ2n) is 10.0. The second-order valence-corrected chi connectivity index (χ2v) is 10.0. The van der Waals surface area contributed by atoms with Crippen LogP contribution in [0.3, 0.4) is 0 Å². The zero-order valence-electron chi connectivity index (χ0n) is 20.3. The van der Waals surface area contributed by atoms with E-state index in [4.69, 9.17) is 0 Å². The molecule has 0 aliphatic carbocycles. The number of nitrogens with zero attached hydrogens (tertiary/aromatic N) is 6. The molecule has 0 saturated carbocycles. The number of hydrogen-bond acceptors (Lipinski definition) is 6. The summed E-state index contributed by atoms with van der Waals surface area (Å²) < 4.78 is 1.85. The third kappa shape index (κ3) is 4.17. The van der Waals surface area contributed by atoms with Gasteiger partial charge in [-0.15, -0.1) is 5.10 Å². The van der Waals surface area contributed by atoms with Crippen molar-refractivity contribution in [3.8, 4) is 0 Å². The lowest BCUT2D eigenvalue weighted by Crippen LogP contribution is -2.52. The number of tetrazole rings is 1. The Balaban J connectivity index is 1.47. The van der Waals surface area contributed by atoms with Crippen molar-refractivity contribution in [2.45, 2.75) is 45.3 Å². The third-order valence-electron chi connectivity index (χ3n) is 7.60. The maximum Gasteiger partial charge on any atom is 0.253 e. The van der Waals surface area contributed by atoms with Crippen LogP contribution in [0.1, 0.15) is 47.0 Å². The molecule has 2 atom stereocenters. The number of aryl methyl sites for hydroxylation is 2. The molecule has 35 heavy (non-hydrogen) atoms. The minimum atomic E-state index is -0.315. The molecule has 0 radical (unpaired) electrons. The Morgan fingerprint density at radius 2 is 1.94 bits per heavy atom. The summed E-state index contributed by atoms with van der Waals surface area (Å²) in [6, 6.07) is 16.7. The largest absolute Gasteiger partial charge is 0.322 e. The molecule has 6 rings (SSSR count). The number of benzene rings is 2. The van der Waals surface area contributed by atoms with Gasteiger partial charge in [0.15, 0.2) is 5.82 Å². The van der Waals surface area contributed by atoms with Crippen LogP contribution in [0.15, 0.2) is 53.3 Å². The van der Waals surface area contributed by atoms with Crippen LogP contribution >= 0.6 is 0 Å². The summed E-state index contributed by atoms with van der Waals surface area (Å²) in [5.74, 6) is 0.718. The van der Waals surface area contributed by atoms with E-state index in [0.29, 0.717) is 18.2 Å². The standard InChI is InChI=1S/C27H31N7O/c1-18-13-19(2)22-15-23(27(35)28-24(22)14-18)25(33-12-11-32-10-6-9-21(32)17-33)26-29-30-31-34(26)16-20-7-4-3-5-8-20/h3-5,7-8,13-15,21,25H,6,9-12,16-17H2,1-2H3,(H,28,35)/t21-,25+/m1/s1. The molecule has 4 heterocycles. The second kappa shape index (κ2) is 9.02. The fourth-order valence-electron chi connectivity index (χ4n) is 5.92. The first-order valence-corrected chi connectivity index (χ1v) is 12.5. The van der Waals surface area contributed by atoms with E-state index in [1.54, 1.807) is 0 Å². The Kier molecular flexibility index (Phi) is 5.70. The van der Waals surface area contributed by atoms with Gasteiger partial charge in [-0.2, -0.15) is 0 Å². The van der Waals surface area contributed by atoms with Crippen LogP contribution in [-0.2, 0) is 6.54 Å². The number of nitrogens with one attached hydrogen (secondary N) is 1. The molecule has 4 aromatic rings. The summed E-state index contributed by atoms with van der Waals surface area (Å²) in [6.07, 6.45) is 2.44. The van der Waals surface area contributed by atoms with Crippen molar-refractivity contribution in [2.24, 2.45) is 0 Å². The normalized spacial score (nSPS) is 19.8. The molecule has 2 aliphatic heterocycles. The van der Waals surface area contributed by atoms with Gasteiger partial charge in [-0.05, 0) is 72.5 Å². The van der Waals surface area contributed by atoms with Crippen LogP contribution in [0, 0.1) is 13.8 Å². The van der Waals surface area contributed by atoms with Crippen molar-refractivity contribution in [3.63, 3.8) is 0 Å². The molecule has 2 aliphatic rings. The van der Waals surface area contributed by atoms with E-state index in [-0.39, 0.29) is 11.6 Å². The maximum absolute atomic E-state index is 13.6. The van der Waals surface area contributed by atoms with Gasteiger partial charge in [0.1, 0.15) is 6.04 Å². The molecular formula is C27H31N7O. The number of aromatic amines is 1. The van der Waals surface area contributed by atoms with Gasteiger partial charge in [-0.3, -0.25) is 14.6 Å². The van der Waals surface area contributed by atoms with Crippen LogP contribution < -0.4 is 5.56 Å². The van der Waals surface area contributed by atoms with E-state index in [1.807, 2.05) is 28.9 Å². The summed E-state index contributed by atoms with van der Waals surface area (Å²) in [7, 11) is 0. The van der Waals surface area contributed by atoms with Crippen LogP contribution in [-0.4, -0.2) is 67.2 Å². The molecule has 2 fully saturated rings. The minimum absolute atomic E-state index is 0.0735. The average Bonchev–Trinajstić information content (AvgIpc) is 3.50. The van der Waals surface area contributed by atoms with Crippen molar-refractivity contribution in [1.29, 1.82) is 0 Å². The summed E-state index contributed by atoms with van der Waals surface area (Å²) in [5, 5.41) is 14.0. The lowest BCUT2D eigenvalue weighted by molar-refractivity contribution is 0.0790. The van der Waals surface area contributed by atoms with Gasteiger partial charge in [0.2, 0.25) is 0 Å². The molecule has 180 valence electrons. The highest BCUT2D eigenvalue weighted by Crippen LogP contribution is 2.32. The summed E-state index contributed by atoms with van der Waals surface area (Å²) in [4.78, 5) is 21.7. The number of pyridine rings is 1. The Morgan fingerprint density at radius 3 is 2.80 bits per heavy atom. The summed E-state index contributed by atoms with van der Waals surface area (Å²) >= 11 is 0. The molecule has 8 heteroatoms. The number of hydrogen-bond donors (Lipinski definition) is 1. The van der Waals surface area contributed by atoms with Crippen molar-refractivity contribution in [3.05, 3.63) is 87.0 Å². The Morgan fingerprint density at radius 1 is 1.09 bits per heavy atom. The van der Waals surface area contributed by atoms with Gasteiger partial charge in [-0.1, -0.05) is 36.4 Å². The van der Waals surface area contributed by atoms with E-state index >= 15 is 0 Å². The van der Waals surface area contributed by atoms with Crippen LogP contribution in [0.5, 0.6) is 0 Å². The molecule has 2 aromatic heterocycles. The molecule has 0 unspecified atom stereocenters. The predicted molar refractivity (Wildman–Crippen MR) is 135 cm³/mol. The fourth-order valence-corrected chi connectivity index (χ4v) is 5.92. The molecule has 0 bridgehead atoms. The SMILES string of the molecule is Cc1cc(C)c2cc([C@@H](c3nnnn3Cc3ccccc3)N3CCN4CCC[C@@H]4C3)c(=O)[nH]c2c1. The number of H-pyrrole nitrogens is 1.